The van der Waals surface area contributed by atoms with Gasteiger partial charge in [-0.15, -0.1) is 0 Å². The minimum absolute atomic E-state index is 0.991. The number of aryl methyl sites for hydroxylation is 2. The van der Waals surface area contributed by atoms with Crippen LogP contribution in [-0.4, -0.2) is 103 Å². The van der Waals surface area contributed by atoms with Crippen molar-refractivity contribution < 1.29 is 18.1 Å². The summed E-state index contributed by atoms with van der Waals surface area (Å²) in [7, 11) is 21.9. The number of hydrogen-bond donors (Lipinski definition) is 0. The maximum atomic E-state index is 2.37. The van der Waals surface area contributed by atoms with Crippen LogP contribution in [0, 0.1) is 0 Å². The molecule has 0 fully saturated rings. The fourth-order valence-electron chi connectivity index (χ4n) is 6.10. The largest absolute Gasteiger partial charge is 0.374 e. The third kappa shape index (κ3) is 16.1. The van der Waals surface area contributed by atoms with Gasteiger partial charge in [-0.1, -0.05) is 45.9 Å². The molecule has 53 heavy (non-hydrogen) atoms. The lowest BCUT2D eigenvalue weighted by Crippen LogP contribution is -2.37. The molecule has 2 aromatic heterocycles. The first kappa shape index (κ1) is 42.2. The Morgan fingerprint density at radius 1 is 0.509 bits per heavy atom. The fourth-order valence-corrected chi connectivity index (χ4v) is 8.14. The number of hydrogen-bond acceptors (Lipinski definition) is 4. The van der Waals surface area contributed by atoms with Gasteiger partial charge in [-0.3, -0.25) is 0 Å². The Morgan fingerprint density at radius 3 is 1.40 bits per heavy atom. The highest BCUT2D eigenvalue weighted by molar-refractivity contribution is 8.76. The van der Waals surface area contributed by atoms with Crippen molar-refractivity contribution in [1.29, 1.82) is 0 Å². The van der Waals surface area contributed by atoms with Crippen LogP contribution >= 0.6 is 21.6 Å². The van der Waals surface area contributed by atoms with E-state index < -0.39 is 0 Å². The highest BCUT2D eigenvalue weighted by Crippen LogP contribution is 2.22. The molecule has 0 unspecified atom stereocenters. The highest BCUT2D eigenvalue weighted by Gasteiger charge is 2.11. The third-order valence-electron chi connectivity index (χ3n) is 9.28. The molecule has 0 spiro atoms. The van der Waals surface area contributed by atoms with Crippen molar-refractivity contribution in [2.75, 3.05) is 104 Å². The molecular formula is C45H66N6S2+4. The van der Waals surface area contributed by atoms with Gasteiger partial charge in [0, 0.05) is 100.0 Å². The summed E-state index contributed by atoms with van der Waals surface area (Å²) >= 11 is 0. The van der Waals surface area contributed by atoms with Crippen molar-refractivity contribution in [3.63, 3.8) is 0 Å². The van der Waals surface area contributed by atoms with E-state index in [4.69, 9.17) is 0 Å². The first-order chi connectivity index (χ1) is 25.4. The van der Waals surface area contributed by atoms with Crippen LogP contribution in [-0.2, 0) is 13.1 Å². The van der Waals surface area contributed by atoms with E-state index in [1.54, 1.807) is 0 Å². The van der Waals surface area contributed by atoms with Gasteiger partial charge < -0.3 is 18.8 Å². The maximum absolute atomic E-state index is 2.37. The van der Waals surface area contributed by atoms with Gasteiger partial charge in [-0.2, -0.15) is 9.13 Å². The molecule has 0 amide bonds. The van der Waals surface area contributed by atoms with Crippen molar-refractivity contribution in [2.24, 2.45) is 0 Å². The van der Waals surface area contributed by atoms with Crippen molar-refractivity contribution in [1.82, 2.24) is 0 Å². The Hall–Kier alpha value is -3.56. The zero-order valence-corrected chi connectivity index (χ0v) is 35.5. The number of quaternary nitrogens is 2. The van der Waals surface area contributed by atoms with E-state index in [0.717, 1.165) is 53.1 Å². The van der Waals surface area contributed by atoms with Crippen LogP contribution in [0.2, 0.25) is 0 Å². The van der Waals surface area contributed by atoms with E-state index in [0.29, 0.717) is 0 Å². The topological polar surface area (TPSA) is 14.2 Å². The minimum atomic E-state index is 0.991. The van der Waals surface area contributed by atoms with Crippen LogP contribution < -0.4 is 18.9 Å². The minimum Gasteiger partial charge on any atom is -0.374 e. The molecule has 8 heteroatoms. The van der Waals surface area contributed by atoms with Crippen LogP contribution in [0.4, 0.5) is 11.4 Å². The van der Waals surface area contributed by atoms with Crippen molar-refractivity contribution in [3.8, 4) is 0 Å². The summed E-state index contributed by atoms with van der Waals surface area (Å²) < 4.78 is 6.75. The highest BCUT2D eigenvalue weighted by atomic mass is 33.1. The molecule has 6 nitrogen and oxygen atoms in total. The first-order valence-electron chi connectivity index (χ1n) is 19.2. The molecular weight excluding hydrogens is 689 g/mol. The van der Waals surface area contributed by atoms with E-state index in [9.17, 15) is 0 Å². The van der Waals surface area contributed by atoms with Crippen LogP contribution in [0.25, 0.3) is 24.3 Å². The lowest BCUT2D eigenvalue weighted by molar-refractivity contribution is -0.870. The Kier molecular flexibility index (Phi) is 17.0. The molecule has 2 aromatic carbocycles. The predicted molar refractivity (Wildman–Crippen MR) is 235 cm³/mol. The number of benzene rings is 2. The van der Waals surface area contributed by atoms with Gasteiger partial charge in [-0.05, 0) is 59.7 Å². The number of pyridine rings is 2. The van der Waals surface area contributed by atoms with E-state index in [1.807, 2.05) is 21.6 Å². The molecule has 0 aliphatic rings. The molecule has 0 saturated heterocycles. The maximum Gasteiger partial charge on any atom is 0.205 e. The van der Waals surface area contributed by atoms with Gasteiger partial charge in [0.2, 0.25) is 11.4 Å². The van der Waals surface area contributed by atoms with Crippen molar-refractivity contribution >= 4 is 57.3 Å². The van der Waals surface area contributed by atoms with Gasteiger partial charge in [0.25, 0.3) is 0 Å². The fraction of sp³-hybridized carbons (Fsp3) is 0.422. The van der Waals surface area contributed by atoms with Crippen molar-refractivity contribution in [2.45, 2.75) is 32.4 Å². The molecule has 0 aliphatic heterocycles. The molecule has 0 bridgehead atoms. The van der Waals surface area contributed by atoms with Gasteiger partial charge in [0.15, 0.2) is 18.9 Å². The summed E-state index contributed by atoms with van der Waals surface area (Å²) in [6.07, 6.45) is 16.8. The first-order valence-corrected chi connectivity index (χ1v) is 21.7. The Bertz CT molecular complexity index is 1580. The summed E-state index contributed by atoms with van der Waals surface area (Å²) in [5.74, 6) is 2.21. The summed E-state index contributed by atoms with van der Waals surface area (Å²) in [4.78, 5) is 4.71. The second-order valence-corrected chi connectivity index (χ2v) is 18.8. The van der Waals surface area contributed by atoms with Crippen molar-refractivity contribution in [3.05, 3.63) is 120 Å². The Balaban J connectivity index is 1.17. The zero-order chi connectivity index (χ0) is 38.1. The summed E-state index contributed by atoms with van der Waals surface area (Å²) in [5.41, 5.74) is 7.47. The average molecular weight is 755 g/mol. The lowest BCUT2D eigenvalue weighted by Gasteiger charge is -2.26. The molecule has 4 rings (SSSR count). The van der Waals surface area contributed by atoms with E-state index >= 15 is 0 Å². The number of aromatic nitrogens is 2. The average Bonchev–Trinajstić information content (AvgIpc) is 3.13. The molecule has 0 N–H and O–H groups in total. The van der Waals surface area contributed by atoms with E-state index in [-0.39, 0.29) is 0 Å². The molecule has 4 aromatic rings. The Morgan fingerprint density at radius 2 is 0.943 bits per heavy atom. The van der Waals surface area contributed by atoms with E-state index in [1.165, 1.54) is 59.8 Å². The second kappa shape index (κ2) is 21.4. The predicted octanol–water partition coefficient (Wildman–Crippen LogP) is 8.14. The Labute approximate surface area is 330 Å². The number of anilines is 2. The zero-order valence-electron chi connectivity index (χ0n) is 33.8. The van der Waals surface area contributed by atoms with E-state index in [2.05, 4.69) is 197 Å². The monoisotopic (exact) mass is 754 g/mol. The van der Waals surface area contributed by atoms with Crippen LogP contribution in [0.5, 0.6) is 0 Å². The number of nitrogens with zero attached hydrogens (tertiary/aromatic N) is 6. The lowest BCUT2D eigenvalue weighted by atomic mass is 10.1. The van der Waals surface area contributed by atoms with Gasteiger partial charge in [-0.25, -0.2) is 0 Å². The SMILES string of the molecule is CN(CCC[N+](C)(C)C)c1ccc(/C=C/c2cccc[n+]2CCCSSCC[n+]2ccccc2/C=C/c2ccc(N(C)CCC[N+](C)(C)C)cc2)cc1. The molecule has 0 aliphatic carbocycles. The molecule has 284 valence electrons. The standard InChI is InChI=1S/C45H66N6S2/c1-46(30-13-36-50(3,4)5)42-24-18-40(19-25-42)22-28-44-16-9-11-32-48(44)34-15-38-52-53-39-35-49-33-12-10-17-45(49)29-23-41-20-26-43(27-21-41)47(2)31-14-37-51(6,7)8/h9-12,16-29,32-33H,13-15,30-31,34-39H2,1-8H3/q+4. The number of rotatable bonds is 22. The second-order valence-electron chi connectivity index (χ2n) is 16.1. The summed E-state index contributed by atoms with van der Waals surface area (Å²) in [6.45, 7) is 6.51. The molecule has 0 radical (unpaired) electrons. The van der Waals surface area contributed by atoms with Crippen LogP contribution in [0.3, 0.4) is 0 Å². The van der Waals surface area contributed by atoms with Gasteiger partial charge >= 0.3 is 0 Å². The summed E-state index contributed by atoms with van der Waals surface area (Å²) in [5, 5.41) is 0. The van der Waals surface area contributed by atoms with Gasteiger partial charge in [0.05, 0.1) is 61.1 Å². The smallest absolute Gasteiger partial charge is 0.205 e. The molecule has 2 heterocycles. The third-order valence-corrected chi connectivity index (χ3v) is 11.8. The molecule has 0 saturated carbocycles. The molecule has 0 atom stereocenters. The normalized spacial score (nSPS) is 12.2. The van der Waals surface area contributed by atoms with Crippen LogP contribution in [0.15, 0.2) is 97.3 Å². The summed E-state index contributed by atoms with van der Waals surface area (Å²) in [6, 6.07) is 30.8. The van der Waals surface area contributed by atoms with Crippen LogP contribution in [0.1, 0.15) is 41.8 Å². The quantitative estimate of drug-likeness (QED) is 0.0348. The van der Waals surface area contributed by atoms with Gasteiger partial charge in [0.1, 0.15) is 6.54 Å².